The number of aliphatic carboxylic acids is 1. The van der Waals surface area contributed by atoms with Crippen LogP contribution in [0.3, 0.4) is 0 Å². The third-order valence-electron chi connectivity index (χ3n) is 4.81. The summed E-state index contributed by atoms with van der Waals surface area (Å²) in [5.41, 5.74) is 23.3. The first-order valence-electron chi connectivity index (χ1n) is 10.1. The van der Waals surface area contributed by atoms with Gasteiger partial charge in [0.2, 0.25) is 5.91 Å². The lowest BCUT2D eigenvalue weighted by molar-refractivity contribution is -0.695. The molecule has 1 unspecified atom stereocenters. The number of nitrogen functional groups attached to an aromatic ring is 3. The van der Waals surface area contributed by atoms with Gasteiger partial charge in [0.05, 0.1) is 29.2 Å². The van der Waals surface area contributed by atoms with Crippen molar-refractivity contribution in [3.8, 4) is 0 Å². The van der Waals surface area contributed by atoms with Crippen molar-refractivity contribution in [1.29, 1.82) is 0 Å². The van der Waals surface area contributed by atoms with E-state index in [0.29, 0.717) is 28.6 Å². The van der Waals surface area contributed by atoms with E-state index in [4.69, 9.17) is 22.0 Å². The number of carbonyl (C=O) groups is 3. The van der Waals surface area contributed by atoms with Gasteiger partial charge in [-0.2, -0.15) is 5.53 Å². The van der Waals surface area contributed by atoms with E-state index < -0.39 is 11.9 Å². The van der Waals surface area contributed by atoms with Crippen LogP contribution in [0.4, 0.5) is 16.6 Å². The van der Waals surface area contributed by atoms with Crippen LogP contribution in [0.25, 0.3) is 0 Å². The molecule has 0 bridgehead atoms. The van der Waals surface area contributed by atoms with Crippen LogP contribution < -0.4 is 37.9 Å². The van der Waals surface area contributed by atoms with Crippen molar-refractivity contribution < 1.29 is 29.0 Å². The van der Waals surface area contributed by atoms with Crippen molar-refractivity contribution in [2.24, 2.45) is 5.16 Å². The molecule has 4 heterocycles. The molecular formula is C18H20N10O5S3. The van der Waals surface area contributed by atoms with Crippen LogP contribution in [-0.4, -0.2) is 55.7 Å². The maximum absolute atomic E-state index is 12.1. The largest absolute Gasteiger partial charge is 0.543 e. The summed E-state index contributed by atoms with van der Waals surface area (Å²) in [6, 6.07) is 0. The SMILES string of the molecule is Nc1nc(CO/N=C\C(=O)NN[n+]2cc(N)c(N)nc2SCC2=C(C(=O)[O-])N3C(=O)CC3SC2)cs1. The molecule has 0 spiro atoms. The molecule has 1 fully saturated rings. The highest BCUT2D eigenvalue weighted by molar-refractivity contribution is 8.00. The minimum Gasteiger partial charge on any atom is -0.543 e. The molecule has 4 rings (SSSR count). The van der Waals surface area contributed by atoms with Crippen LogP contribution in [0.15, 0.2) is 33.2 Å². The number of β-lactam (4-membered cyclic amide) rings is 1. The van der Waals surface area contributed by atoms with Gasteiger partial charge in [0.25, 0.3) is 11.7 Å². The number of carboxylic acids is 1. The molecule has 2 aromatic heterocycles. The Bertz CT molecular complexity index is 1270. The molecule has 36 heavy (non-hydrogen) atoms. The Labute approximate surface area is 216 Å². The molecule has 2 aliphatic rings. The molecule has 0 aromatic carbocycles. The minimum absolute atomic E-state index is 0.0459. The number of hydrogen-bond donors (Lipinski definition) is 5. The lowest BCUT2D eigenvalue weighted by atomic mass is 10.1. The lowest BCUT2D eigenvalue weighted by Crippen LogP contribution is -2.56. The number of amides is 2. The molecule has 0 radical (unpaired) electrons. The van der Waals surface area contributed by atoms with Crippen molar-refractivity contribution in [3.05, 3.63) is 28.5 Å². The molecule has 2 aliphatic heterocycles. The molecule has 0 aliphatic carbocycles. The monoisotopic (exact) mass is 552 g/mol. The molecular weight excluding hydrogens is 532 g/mol. The quantitative estimate of drug-likeness (QED) is 0.0524. The van der Waals surface area contributed by atoms with Crippen molar-refractivity contribution in [2.75, 3.05) is 34.2 Å². The molecule has 2 amide bonds. The second kappa shape index (κ2) is 10.9. The summed E-state index contributed by atoms with van der Waals surface area (Å²) < 4.78 is 1.30. The molecule has 1 atom stereocenters. The summed E-state index contributed by atoms with van der Waals surface area (Å²) in [5, 5.41) is 17.5. The van der Waals surface area contributed by atoms with E-state index in [-0.39, 0.29) is 46.0 Å². The van der Waals surface area contributed by atoms with Gasteiger partial charge in [-0.05, 0) is 22.3 Å². The summed E-state index contributed by atoms with van der Waals surface area (Å²) >= 11 is 3.86. The number of fused-ring (bicyclic) bond motifs is 1. The Morgan fingerprint density at radius 3 is 2.89 bits per heavy atom. The van der Waals surface area contributed by atoms with Crippen LogP contribution in [0.5, 0.6) is 0 Å². The van der Waals surface area contributed by atoms with E-state index in [2.05, 4.69) is 26.1 Å². The standard InChI is InChI=1S/C18H20N10O5S3/c19-10-3-27(26-25-11(29)2-22-33-4-9-7-35-17(21)23-9)18(24-15(10)20)36-6-8-5-34-13-1-12(30)28(13)14(8)16(31)32/h2-3,7,13,20H,1,4-6,19H2,(H5,21,22,23,25,26,29,31,32). The summed E-state index contributed by atoms with van der Waals surface area (Å²) in [7, 11) is 0. The predicted molar refractivity (Wildman–Crippen MR) is 131 cm³/mol. The first kappa shape index (κ1) is 25.3. The number of nitrogens with two attached hydrogens (primary N) is 3. The number of nitrogens with zero attached hydrogens (tertiary/aromatic N) is 5. The smallest absolute Gasteiger partial charge is 0.386 e. The van der Waals surface area contributed by atoms with Gasteiger partial charge in [0.1, 0.15) is 18.1 Å². The third kappa shape index (κ3) is 5.71. The first-order valence-corrected chi connectivity index (χ1v) is 13.0. The average molecular weight is 553 g/mol. The number of aromatic nitrogens is 3. The van der Waals surface area contributed by atoms with Gasteiger partial charge >= 0.3 is 5.16 Å². The second-order valence-corrected chi connectivity index (χ2v) is 10.3. The maximum Gasteiger partial charge on any atom is 0.386 e. The van der Waals surface area contributed by atoms with Gasteiger partial charge in [-0.3, -0.25) is 14.5 Å². The number of nitrogens with one attached hydrogen (secondary N) is 2. The number of carbonyl (C=O) groups excluding carboxylic acids is 3. The van der Waals surface area contributed by atoms with Gasteiger partial charge < -0.3 is 31.9 Å². The Morgan fingerprint density at radius 1 is 1.39 bits per heavy atom. The van der Waals surface area contributed by atoms with E-state index in [1.54, 1.807) is 5.38 Å². The molecule has 15 nitrogen and oxygen atoms in total. The Kier molecular flexibility index (Phi) is 7.65. The number of carboxylic acid groups (broad SMARTS) is 1. The summed E-state index contributed by atoms with van der Waals surface area (Å²) in [4.78, 5) is 50.1. The topological polar surface area (TPSA) is 231 Å². The highest BCUT2D eigenvalue weighted by atomic mass is 32.2. The second-order valence-electron chi connectivity index (χ2n) is 7.28. The van der Waals surface area contributed by atoms with E-state index in [9.17, 15) is 19.5 Å². The number of anilines is 3. The van der Waals surface area contributed by atoms with Crippen LogP contribution in [-0.2, 0) is 25.8 Å². The van der Waals surface area contributed by atoms with Crippen LogP contribution in [0.1, 0.15) is 12.1 Å². The minimum atomic E-state index is -1.41. The van der Waals surface area contributed by atoms with Crippen molar-refractivity contribution in [2.45, 2.75) is 23.6 Å². The molecule has 8 N–H and O–H groups in total. The summed E-state index contributed by atoms with van der Waals surface area (Å²) in [6.07, 6.45) is 2.60. The zero-order valence-electron chi connectivity index (χ0n) is 18.4. The number of hydrazine groups is 1. The number of hydrogen-bond acceptors (Lipinski definition) is 15. The van der Waals surface area contributed by atoms with Crippen LogP contribution in [0, 0.1) is 0 Å². The average Bonchev–Trinajstić information content (AvgIpc) is 3.25. The Balaban J connectivity index is 1.38. The van der Waals surface area contributed by atoms with Crippen molar-refractivity contribution >= 4 is 75.5 Å². The third-order valence-corrected chi connectivity index (χ3v) is 7.85. The van der Waals surface area contributed by atoms with Crippen molar-refractivity contribution in [1.82, 2.24) is 20.3 Å². The van der Waals surface area contributed by atoms with E-state index in [1.807, 2.05) is 0 Å². The number of oxime groups is 1. The molecule has 190 valence electrons. The van der Waals surface area contributed by atoms with Gasteiger partial charge in [-0.1, -0.05) is 5.16 Å². The normalized spacial score (nSPS) is 17.1. The fraction of sp³-hybridized carbons (Fsp3) is 0.278. The van der Waals surface area contributed by atoms with E-state index >= 15 is 0 Å². The number of thiazole rings is 1. The molecule has 2 aromatic rings. The lowest BCUT2D eigenvalue weighted by Gasteiger charge is -2.45. The Morgan fingerprint density at radius 2 is 2.19 bits per heavy atom. The van der Waals surface area contributed by atoms with Crippen LogP contribution >= 0.6 is 34.9 Å². The highest BCUT2D eigenvalue weighted by Gasteiger charge is 2.43. The van der Waals surface area contributed by atoms with E-state index in [0.717, 1.165) is 18.0 Å². The zero-order valence-corrected chi connectivity index (χ0v) is 20.8. The Hall–Kier alpha value is -3.77. The van der Waals surface area contributed by atoms with Crippen molar-refractivity contribution in [3.63, 3.8) is 0 Å². The summed E-state index contributed by atoms with van der Waals surface area (Å²) in [5.74, 6) is -1.68. The van der Waals surface area contributed by atoms with Gasteiger partial charge in [-0.25, -0.2) is 10.4 Å². The van der Waals surface area contributed by atoms with Crippen LogP contribution in [0.2, 0.25) is 0 Å². The van der Waals surface area contributed by atoms with Gasteiger partial charge in [0.15, 0.2) is 11.7 Å². The molecule has 18 heteroatoms. The highest BCUT2D eigenvalue weighted by Crippen LogP contribution is 2.40. The fourth-order valence-electron chi connectivity index (χ4n) is 3.12. The van der Waals surface area contributed by atoms with Gasteiger partial charge in [-0.15, -0.1) is 27.8 Å². The zero-order chi connectivity index (χ0) is 25.8. The predicted octanol–water partition coefficient (Wildman–Crippen LogP) is -2.25. The maximum atomic E-state index is 12.1. The number of thioether (sulfide) groups is 2. The fourth-order valence-corrected chi connectivity index (χ4v) is 6.00. The van der Waals surface area contributed by atoms with Gasteiger partial charge in [0, 0.05) is 16.9 Å². The van der Waals surface area contributed by atoms with E-state index in [1.165, 1.54) is 38.9 Å². The first-order chi connectivity index (χ1) is 17.2. The summed E-state index contributed by atoms with van der Waals surface area (Å²) in [6.45, 7) is 0.0463. The molecule has 1 saturated heterocycles. The number of rotatable bonds is 10. The molecule has 0 saturated carbocycles.